The number of esters is 1. The molecule has 0 N–H and O–H groups in total. The largest absolute Gasteiger partial charge is 0.496 e. The van der Waals surface area contributed by atoms with E-state index in [2.05, 4.69) is 17.9 Å². The summed E-state index contributed by atoms with van der Waals surface area (Å²) in [6, 6.07) is 8.02. The lowest BCUT2D eigenvalue weighted by molar-refractivity contribution is -0.150. The van der Waals surface area contributed by atoms with E-state index in [0.29, 0.717) is 6.61 Å². The number of hydrogen-bond acceptors (Lipinski definition) is 4. The Morgan fingerprint density at radius 2 is 1.95 bits per heavy atom. The van der Waals surface area contributed by atoms with Gasteiger partial charge in [0.25, 0.3) is 0 Å². The lowest BCUT2D eigenvalue weighted by Gasteiger charge is -2.31. The monoisotopic (exact) mass is 293 g/mol. The normalized spacial score (nSPS) is 13.8. The molecule has 0 amide bonds. The Balaban J connectivity index is 2.77. The van der Waals surface area contributed by atoms with Crippen LogP contribution < -0.4 is 4.74 Å². The van der Waals surface area contributed by atoms with E-state index in [0.717, 1.165) is 24.2 Å². The van der Waals surface area contributed by atoms with Crippen LogP contribution in [-0.2, 0) is 16.0 Å². The smallest absolute Gasteiger partial charge is 0.323 e. The van der Waals surface area contributed by atoms with Crippen molar-refractivity contribution < 1.29 is 14.3 Å². The summed E-state index contributed by atoms with van der Waals surface area (Å²) in [6.45, 7) is 6.38. The number of hydrogen-bond donors (Lipinski definition) is 0. The van der Waals surface area contributed by atoms with E-state index in [1.54, 1.807) is 7.11 Å². The summed E-state index contributed by atoms with van der Waals surface area (Å²) in [7, 11) is 3.66. The van der Waals surface area contributed by atoms with Crippen molar-refractivity contribution in [1.82, 2.24) is 4.90 Å². The third-order valence-electron chi connectivity index (χ3n) is 3.84. The first-order valence-electron chi connectivity index (χ1n) is 7.55. The Kier molecular flexibility index (Phi) is 7.23. The maximum atomic E-state index is 12.0. The zero-order valence-electron chi connectivity index (χ0n) is 13.8. The van der Waals surface area contributed by atoms with Gasteiger partial charge < -0.3 is 9.47 Å². The first kappa shape index (κ1) is 17.5. The summed E-state index contributed by atoms with van der Waals surface area (Å²) < 4.78 is 10.5. The first-order valence-corrected chi connectivity index (χ1v) is 7.55. The third-order valence-corrected chi connectivity index (χ3v) is 3.84. The topological polar surface area (TPSA) is 38.8 Å². The predicted octanol–water partition coefficient (Wildman–Crippen LogP) is 2.90. The van der Waals surface area contributed by atoms with E-state index >= 15 is 0 Å². The summed E-state index contributed by atoms with van der Waals surface area (Å²) in [5.41, 5.74) is 1.15. The fourth-order valence-corrected chi connectivity index (χ4v) is 2.50. The van der Waals surface area contributed by atoms with E-state index in [1.807, 2.05) is 39.1 Å². The van der Waals surface area contributed by atoms with Crippen molar-refractivity contribution in [2.75, 3.05) is 20.8 Å². The highest BCUT2D eigenvalue weighted by Crippen LogP contribution is 2.21. The van der Waals surface area contributed by atoms with Gasteiger partial charge in [0.05, 0.1) is 13.7 Å². The van der Waals surface area contributed by atoms with Crippen molar-refractivity contribution in [2.24, 2.45) is 0 Å². The number of benzene rings is 1. The van der Waals surface area contributed by atoms with Crippen molar-refractivity contribution in [3.63, 3.8) is 0 Å². The Morgan fingerprint density at radius 1 is 1.29 bits per heavy atom. The van der Waals surface area contributed by atoms with Crippen LogP contribution in [0.25, 0.3) is 0 Å². The maximum Gasteiger partial charge on any atom is 0.323 e. The Bertz CT molecular complexity index is 447. The molecule has 0 aliphatic carbocycles. The number of ether oxygens (including phenoxy) is 2. The summed E-state index contributed by atoms with van der Waals surface area (Å²) in [5, 5.41) is 0. The molecule has 1 rings (SSSR count). The summed E-state index contributed by atoms with van der Waals surface area (Å²) >= 11 is 0. The fourth-order valence-electron chi connectivity index (χ4n) is 2.50. The van der Waals surface area contributed by atoms with Crippen molar-refractivity contribution in [3.8, 4) is 5.75 Å². The second-order valence-electron chi connectivity index (χ2n) is 5.21. The Hall–Kier alpha value is -1.55. The van der Waals surface area contributed by atoms with Gasteiger partial charge in [-0.25, -0.2) is 0 Å². The molecule has 1 aromatic rings. The molecule has 0 radical (unpaired) electrons. The van der Waals surface area contributed by atoms with Crippen LogP contribution in [0, 0.1) is 0 Å². The molecular formula is C17H27NO3. The average molecular weight is 293 g/mol. The van der Waals surface area contributed by atoms with Crippen LogP contribution in [0.2, 0.25) is 0 Å². The third kappa shape index (κ3) is 4.74. The quantitative estimate of drug-likeness (QED) is 0.691. The van der Waals surface area contributed by atoms with Crippen LogP contribution in [0.5, 0.6) is 5.75 Å². The number of methoxy groups -OCH3 is 1. The SMILES string of the molecule is CCOC(=O)C(CC)N(C)C(C)Cc1ccccc1OC. The molecule has 21 heavy (non-hydrogen) atoms. The standard InChI is InChI=1S/C17H27NO3/c1-6-15(17(19)21-7-2)18(4)13(3)12-14-10-8-9-11-16(14)20-5/h8-11,13,15H,6-7,12H2,1-5H3. The number of nitrogens with zero attached hydrogens (tertiary/aromatic N) is 1. The molecule has 118 valence electrons. The van der Waals surface area contributed by atoms with Crippen molar-refractivity contribution in [3.05, 3.63) is 29.8 Å². The second-order valence-corrected chi connectivity index (χ2v) is 5.21. The average Bonchev–Trinajstić information content (AvgIpc) is 2.48. The molecule has 0 aliphatic rings. The number of para-hydroxylation sites is 1. The minimum Gasteiger partial charge on any atom is -0.496 e. The molecule has 0 fully saturated rings. The van der Waals surface area contributed by atoms with Gasteiger partial charge in [0.15, 0.2) is 0 Å². The molecule has 4 nitrogen and oxygen atoms in total. The summed E-state index contributed by atoms with van der Waals surface area (Å²) in [4.78, 5) is 14.1. The molecule has 1 aromatic carbocycles. The highest BCUT2D eigenvalue weighted by atomic mass is 16.5. The van der Waals surface area contributed by atoms with Crippen LogP contribution in [0.3, 0.4) is 0 Å². The zero-order valence-corrected chi connectivity index (χ0v) is 13.8. The number of likely N-dealkylation sites (N-methyl/N-ethyl adjacent to an activating group) is 1. The first-order chi connectivity index (χ1) is 10.0. The molecule has 0 aliphatic heterocycles. The molecule has 0 heterocycles. The molecule has 0 spiro atoms. The maximum absolute atomic E-state index is 12.0. The second kappa shape index (κ2) is 8.67. The lowest BCUT2D eigenvalue weighted by Crippen LogP contribution is -2.45. The Morgan fingerprint density at radius 3 is 2.52 bits per heavy atom. The molecule has 0 bridgehead atoms. The van der Waals surface area contributed by atoms with Crippen molar-refractivity contribution >= 4 is 5.97 Å². The molecule has 4 heteroatoms. The minimum atomic E-state index is -0.199. The van der Waals surface area contributed by atoms with Crippen LogP contribution in [-0.4, -0.2) is 43.7 Å². The van der Waals surface area contributed by atoms with E-state index < -0.39 is 0 Å². The fraction of sp³-hybridized carbons (Fsp3) is 0.588. The van der Waals surface area contributed by atoms with Crippen molar-refractivity contribution in [1.29, 1.82) is 0 Å². The molecule has 0 aromatic heterocycles. The van der Waals surface area contributed by atoms with E-state index in [4.69, 9.17) is 9.47 Å². The van der Waals surface area contributed by atoms with Crippen LogP contribution in [0.1, 0.15) is 32.8 Å². The predicted molar refractivity (Wildman–Crippen MR) is 84.6 cm³/mol. The molecule has 2 unspecified atom stereocenters. The van der Waals surface area contributed by atoms with Gasteiger partial charge in [-0.15, -0.1) is 0 Å². The van der Waals surface area contributed by atoms with Crippen LogP contribution >= 0.6 is 0 Å². The highest BCUT2D eigenvalue weighted by Gasteiger charge is 2.26. The van der Waals surface area contributed by atoms with Gasteiger partial charge in [0.2, 0.25) is 0 Å². The van der Waals surface area contributed by atoms with Crippen LogP contribution in [0.15, 0.2) is 24.3 Å². The van der Waals surface area contributed by atoms with Gasteiger partial charge in [-0.3, -0.25) is 9.69 Å². The van der Waals surface area contributed by atoms with E-state index in [1.165, 1.54) is 0 Å². The number of carbonyl (C=O) groups is 1. The van der Waals surface area contributed by atoms with Gasteiger partial charge in [-0.05, 0) is 45.4 Å². The van der Waals surface area contributed by atoms with E-state index in [-0.39, 0.29) is 18.1 Å². The van der Waals surface area contributed by atoms with Gasteiger partial charge >= 0.3 is 5.97 Å². The van der Waals surface area contributed by atoms with E-state index in [9.17, 15) is 4.79 Å². The van der Waals surface area contributed by atoms with Crippen LogP contribution in [0.4, 0.5) is 0 Å². The molecular weight excluding hydrogens is 266 g/mol. The van der Waals surface area contributed by atoms with Gasteiger partial charge in [-0.1, -0.05) is 25.1 Å². The highest BCUT2D eigenvalue weighted by molar-refractivity contribution is 5.75. The van der Waals surface area contributed by atoms with Crippen molar-refractivity contribution in [2.45, 2.75) is 45.7 Å². The zero-order chi connectivity index (χ0) is 15.8. The van der Waals surface area contributed by atoms with Gasteiger partial charge in [0, 0.05) is 6.04 Å². The molecule has 2 atom stereocenters. The molecule has 0 saturated heterocycles. The summed E-state index contributed by atoms with van der Waals surface area (Å²) in [6.07, 6.45) is 1.57. The Labute approximate surface area is 128 Å². The van der Waals surface area contributed by atoms with Gasteiger partial charge in [-0.2, -0.15) is 0 Å². The number of carbonyl (C=O) groups excluding carboxylic acids is 1. The summed E-state index contributed by atoms with van der Waals surface area (Å²) in [5.74, 6) is 0.747. The number of rotatable bonds is 8. The minimum absolute atomic E-state index is 0.144. The lowest BCUT2D eigenvalue weighted by atomic mass is 10.0. The van der Waals surface area contributed by atoms with Gasteiger partial charge in [0.1, 0.15) is 11.8 Å². The molecule has 0 saturated carbocycles.